The van der Waals surface area contributed by atoms with Crippen LogP contribution in [-0.2, 0) is 17.4 Å². The smallest absolute Gasteiger partial charge is 1.00 e. The summed E-state index contributed by atoms with van der Waals surface area (Å²) < 4.78 is 0. The molecule has 0 atom stereocenters. The minimum atomic E-state index is 0. The molecule has 0 aliphatic carbocycles. The van der Waals surface area contributed by atoms with E-state index in [2.05, 4.69) is 0 Å². The Hall–Kier alpha value is 3.11. The Morgan fingerprint density at radius 2 is 0.357 bits per heavy atom. The number of hydrogen-bond acceptors (Lipinski definition) is 0. The molecular weight excluding hydrogens is 397 g/mol. The molecule has 0 aliphatic rings. The Morgan fingerprint density at radius 1 is 0.357 bits per heavy atom. The molecule has 0 saturated heterocycles. The largest absolute Gasteiger partial charge is 3.00 e. The molecule has 14 heavy (non-hydrogen) atoms. The van der Waals surface area contributed by atoms with Gasteiger partial charge in [-0.05, 0) is 0 Å². The monoisotopic (exact) mass is 397 g/mol. The van der Waals surface area contributed by atoms with Crippen LogP contribution in [-0.4, -0.2) is 101 Å². The molecule has 0 nitrogen and oxygen atoms in total. The molecule has 0 unspecified atom stereocenters. The summed E-state index contributed by atoms with van der Waals surface area (Å²) in [6.45, 7) is 0. The molecule has 0 bridgehead atoms. The maximum Gasteiger partial charge on any atom is 3.00 e. The fourth-order valence-electron chi connectivity index (χ4n) is 0. The molecule has 83 valence electrons. The van der Waals surface area contributed by atoms with Crippen molar-refractivity contribution in [1.82, 2.24) is 0 Å². The number of rotatable bonds is 0. The van der Waals surface area contributed by atoms with Gasteiger partial charge in [0.25, 0.3) is 0 Å². The predicted octanol–water partition coefficient (Wildman–Crippen LogP) is -31.1. The summed E-state index contributed by atoms with van der Waals surface area (Å²) in [4.78, 5) is 0. The van der Waals surface area contributed by atoms with E-state index in [1.165, 1.54) is 0 Å². The van der Waals surface area contributed by atoms with Crippen LogP contribution in [0.25, 0.3) is 0 Å². The Kier molecular flexibility index (Phi) is 12500. The van der Waals surface area contributed by atoms with Crippen molar-refractivity contribution in [2.75, 3.05) is 0 Å². The van der Waals surface area contributed by atoms with Gasteiger partial charge in [-0.3, -0.25) is 0 Å². The minimum Gasteiger partial charge on any atom is -1.00 e. The van der Waals surface area contributed by atoms with E-state index in [-0.39, 0.29) is 165 Å². The van der Waals surface area contributed by atoms with Crippen molar-refractivity contribution in [1.29, 1.82) is 0 Å². The van der Waals surface area contributed by atoms with E-state index in [1.807, 2.05) is 0 Å². The van der Waals surface area contributed by atoms with Crippen LogP contribution in [0.3, 0.4) is 0 Å². The first kappa shape index (κ1) is 460. The van der Waals surface area contributed by atoms with Crippen molar-refractivity contribution in [3.05, 3.63) is 0 Å². The fourth-order valence-corrected chi connectivity index (χ4v) is 0. The zero-order valence-corrected chi connectivity index (χ0v) is 14.3. The van der Waals surface area contributed by atoms with Crippen LogP contribution in [0.5, 0.6) is 0 Å². The summed E-state index contributed by atoms with van der Waals surface area (Å²) in [5.41, 5.74) is 0. The molecule has 0 aliphatic heterocycles. The second-order valence-electron chi connectivity index (χ2n) is 0. The molecule has 0 aromatic heterocycles. The van der Waals surface area contributed by atoms with Gasteiger partial charge >= 0.3 is 118 Å². The minimum absolute atomic E-state index is 0. The van der Waals surface area contributed by atoms with Gasteiger partial charge in [0.2, 0.25) is 0 Å². The summed E-state index contributed by atoms with van der Waals surface area (Å²) in [6, 6.07) is 0. The fraction of sp³-hybridized carbons (Fsp3) is 0. The van der Waals surface area contributed by atoms with Gasteiger partial charge < -0.3 is 47.0 Å². The first-order chi connectivity index (χ1) is 0. The van der Waals surface area contributed by atoms with E-state index in [9.17, 15) is 0 Å². The van der Waals surface area contributed by atoms with Gasteiger partial charge in [-0.2, -0.15) is 0 Å². The maximum absolute atomic E-state index is 0. The van der Waals surface area contributed by atoms with Crippen LogP contribution in [0.15, 0.2) is 0 Å². The topological polar surface area (TPSA) is 0 Å². The van der Waals surface area contributed by atoms with E-state index >= 15 is 0 Å². The van der Waals surface area contributed by atoms with Crippen LogP contribution in [0.1, 0.15) is 0 Å². The van der Waals surface area contributed by atoms with Gasteiger partial charge in [-0.15, -0.1) is 0 Å². The van der Waals surface area contributed by atoms with Crippen molar-refractivity contribution in [2.24, 2.45) is 0 Å². The van der Waals surface area contributed by atoms with E-state index in [4.69, 9.17) is 0 Å². The first-order valence-corrected chi connectivity index (χ1v) is 0. The summed E-state index contributed by atoms with van der Waals surface area (Å²) in [6.07, 6.45) is 0. The van der Waals surface area contributed by atoms with E-state index in [0.717, 1.165) is 0 Å². The quantitative estimate of drug-likeness (QED) is 0.282. The molecule has 1 radical (unpaired) electrons. The van der Waals surface area contributed by atoms with E-state index < -0.39 is 0 Å². The van der Waals surface area contributed by atoms with Gasteiger partial charge in [0.15, 0.2) is 0 Å². The third-order valence-corrected chi connectivity index (χ3v) is 0. The average Bonchev–Trinajstić information content (AvgIpc) is 0. The molecule has 0 spiro atoms. The predicted molar refractivity (Wildman–Crippen MR) is 17.3 cm³/mol. The molecule has 0 aromatic rings. The molecule has 0 amide bonds. The molecule has 0 N–H and O–H groups in total. The summed E-state index contributed by atoms with van der Waals surface area (Å²) in [5, 5.41) is 0. The van der Waals surface area contributed by atoms with Crippen molar-refractivity contribution in [3.63, 3.8) is 0 Å². The summed E-state index contributed by atoms with van der Waals surface area (Å²) in [5.74, 6) is 0. The number of hydrogen-bond donors (Lipinski definition) is 0. The second kappa shape index (κ2) is 381. The normalized spacial score (nSPS) is 0. The Morgan fingerprint density at radius 3 is 0.357 bits per heavy atom. The Bertz CT molecular complexity index is 20.1. The third-order valence-electron chi connectivity index (χ3n) is 0. The van der Waals surface area contributed by atoms with Crippen LogP contribution in [0.4, 0.5) is 0 Å². The van der Waals surface area contributed by atoms with Gasteiger partial charge in [0, 0.05) is 0 Å². The van der Waals surface area contributed by atoms with Crippen molar-refractivity contribution in [2.45, 2.75) is 0 Å². The van der Waals surface area contributed by atoms with E-state index in [1.54, 1.807) is 0 Å². The molecule has 0 aromatic carbocycles. The first-order valence-electron chi connectivity index (χ1n) is 0. The van der Waals surface area contributed by atoms with Crippen molar-refractivity contribution >= 4 is 101 Å². The van der Waals surface area contributed by atoms with Crippen LogP contribution < -0.4 is 47.0 Å². The van der Waals surface area contributed by atoms with Gasteiger partial charge in [0.1, 0.15) is 0 Å². The third kappa shape index (κ3) is 312. The molecule has 0 fully saturated rings. The van der Waals surface area contributed by atoms with Crippen molar-refractivity contribution in [3.8, 4) is 0 Å². The summed E-state index contributed by atoms with van der Waals surface area (Å²) in [7, 11) is 0. The Labute approximate surface area is 162 Å². The van der Waals surface area contributed by atoms with Gasteiger partial charge in [0.05, 0.1) is 0 Å². The van der Waals surface area contributed by atoms with Crippen LogP contribution in [0, 0.1) is 0 Å². The van der Waals surface area contributed by atoms with E-state index in [0.29, 0.717) is 0 Å². The Balaban J connectivity index is 0. The average molecular weight is 397 g/mol. The number of halogens is 10. The van der Waals surface area contributed by atoms with Crippen molar-refractivity contribution < 1.29 is 64.4 Å². The maximum atomic E-state index is 0. The van der Waals surface area contributed by atoms with Gasteiger partial charge in [-0.25, -0.2) is 0 Å². The second-order valence-corrected chi connectivity index (χ2v) is 0. The zero-order chi connectivity index (χ0) is 0. The zero-order valence-electron chi connectivity index (χ0n) is 6.18. The molecule has 0 rings (SSSR count). The van der Waals surface area contributed by atoms with Gasteiger partial charge in [-0.1, -0.05) is 0 Å². The van der Waals surface area contributed by atoms with Crippen LogP contribution in [0.2, 0.25) is 0 Å². The SMILES string of the molecule is [Al+3].[Ca+2].[Cr+3].[F-].[F-].[F-].[F-].[F-].[F-].[F-].[F-].[F-].[F-].[Sr+2]. The molecule has 14 heteroatoms. The molecule has 0 heterocycles. The molecular formula is AlCaCrF10Sr. The molecule has 0 saturated carbocycles. The standard InChI is InChI=1S/Al.Ca.Cr.10FH.Sr/h;;;10*1H;/q+3;+2;+3;;;;;;;;;;;+2/p-10. The summed E-state index contributed by atoms with van der Waals surface area (Å²) >= 11 is 0. The van der Waals surface area contributed by atoms with Crippen LogP contribution >= 0.6 is 0 Å².